The maximum absolute atomic E-state index is 11.8. The highest BCUT2D eigenvalue weighted by molar-refractivity contribution is 6.05. The van der Waals surface area contributed by atoms with Gasteiger partial charge in [-0.3, -0.25) is 4.79 Å². The highest BCUT2D eigenvalue weighted by Gasteiger charge is 2.29. The molecule has 4 nitrogen and oxygen atoms in total. The van der Waals surface area contributed by atoms with Crippen LogP contribution in [0.2, 0.25) is 0 Å². The van der Waals surface area contributed by atoms with Gasteiger partial charge in [0.25, 0.3) is 5.91 Å². The largest absolute Gasteiger partial charge is 0.550 e. The summed E-state index contributed by atoms with van der Waals surface area (Å²) in [6, 6.07) is 10.7. The van der Waals surface area contributed by atoms with Crippen molar-refractivity contribution < 1.29 is 14.7 Å². The summed E-state index contributed by atoms with van der Waals surface area (Å²) in [4.78, 5) is 22.5. The van der Waals surface area contributed by atoms with E-state index in [4.69, 9.17) is 0 Å². The highest BCUT2D eigenvalue weighted by atomic mass is 16.4. The number of benzene rings is 2. The van der Waals surface area contributed by atoms with E-state index >= 15 is 0 Å². The molecule has 1 N–H and O–H groups in total. The summed E-state index contributed by atoms with van der Waals surface area (Å²) >= 11 is 0. The molecule has 0 unspecified atom stereocenters. The smallest absolute Gasteiger partial charge is 0.252 e. The molecule has 3 rings (SSSR count). The van der Waals surface area contributed by atoms with Gasteiger partial charge in [-0.15, -0.1) is 0 Å². The molecule has 2 aromatic carbocycles. The molecule has 1 atom stereocenters. The van der Waals surface area contributed by atoms with Crippen LogP contribution in [0.5, 0.6) is 0 Å². The third-order valence-electron chi connectivity index (χ3n) is 3.24. The van der Waals surface area contributed by atoms with E-state index in [2.05, 4.69) is 5.32 Å². The lowest BCUT2D eigenvalue weighted by Crippen LogP contribution is -2.29. The quantitative estimate of drug-likeness (QED) is 0.842. The first-order valence-electron chi connectivity index (χ1n) is 5.69. The average molecular weight is 240 g/mol. The van der Waals surface area contributed by atoms with Crippen molar-refractivity contribution in [3.63, 3.8) is 0 Å². The molecule has 0 aromatic heterocycles. The molecular weight excluding hydrogens is 230 g/mol. The van der Waals surface area contributed by atoms with Crippen LogP contribution in [0.3, 0.4) is 0 Å². The first-order chi connectivity index (χ1) is 8.66. The van der Waals surface area contributed by atoms with Crippen LogP contribution < -0.4 is 10.4 Å². The van der Waals surface area contributed by atoms with Crippen LogP contribution in [0.1, 0.15) is 28.4 Å². The van der Waals surface area contributed by atoms with Gasteiger partial charge in [0.2, 0.25) is 0 Å². The van der Waals surface area contributed by atoms with Gasteiger partial charge in [0.15, 0.2) is 0 Å². The van der Waals surface area contributed by atoms with E-state index < -0.39 is 12.0 Å². The van der Waals surface area contributed by atoms with Gasteiger partial charge in [-0.05, 0) is 22.4 Å². The van der Waals surface area contributed by atoms with E-state index in [1.807, 2.05) is 30.3 Å². The number of hydrogen-bond donors (Lipinski definition) is 1. The van der Waals surface area contributed by atoms with E-state index in [1.54, 1.807) is 6.07 Å². The van der Waals surface area contributed by atoms with Gasteiger partial charge in [0, 0.05) is 18.0 Å². The van der Waals surface area contributed by atoms with Crippen LogP contribution in [-0.2, 0) is 4.79 Å². The van der Waals surface area contributed by atoms with Gasteiger partial charge in [0.1, 0.15) is 0 Å². The molecular formula is C14H10NO3-. The standard InChI is InChI=1S/C14H11NO3/c16-12(17)7-11-13-9-4-2-1-3-8(9)5-6-10(13)14(18)15-11/h1-6,11H,7H2,(H,15,18)(H,16,17)/p-1/t11-/m0/s1. The second kappa shape index (κ2) is 3.84. The number of nitrogens with one attached hydrogen (secondary N) is 1. The molecule has 1 amide bonds. The molecule has 0 radical (unpaired) electrons. The van der Waals surface area contributed by atoms with Crippen LogP contribution in [0.25, 0.3) is 10.8 Å². The Labute approximate surface area is 103 Å². The molecule has 1 aliphatic heterocycles. The Balaban J connectivity index is 2.23. The second-order valence-electron chi connectivity index (χ2n) is 4.35. The predicted octanol–water partition coefficient (Wildman–Crippen LogP) is 0.764. The third kappa shape index (κ3) is 1.54. The van der Waals surface area contributed by atoms with Crippen molar-refractivity contribution in [3.05, 3.63) is 47.5 Å². The van der Waals surface area contributed by atoms with Crippen LogP contribution in [-0.4, -0.2) is 11.9 Å². The maximum atomic E-state index is 11.8. The summed E-state index contributed by atoms with van der Waals surface area (Å²) in [5.74, 6) is -1.39. The number of carboxylic acids is 1. The van der Waals surface area contributed by atoms with Gasteiger partial charge < -0.3 is 15.2 Å². The zero-order valence-corrected chi connectivity index (χ0v) is 9.47. The Hall–Kier alpha value is -2.36. The summed E-state index contributed by atoms with van der Waals surface area (Å²) in [6.07, 6.45) is -0.202. The normalized spacial score (nSPS) is 17.6. The van der Waals surface area contributed by atoms with Crippen LogP contribution in [0.15, 0.2) is 36.4 Å². The molecule has 2 aromatic rings. The Kier molecular flexibility index (Phi) is 2.30. The molecule has 0 spiro atoms. The molecule has 4 heteroatoms. The number of carboxylic acid groups (broad SMARTS) is 1. The number of carbonyl (C=O) groups excluding carboxylic acids is 2. The van der Waals surface area contributed by atoms with Crippen molar-refractivity contribution in [2.75, 3.05) is 0 Å². The number of amides is 1. The Morgan fingerprint density at radius 2 is 2.00 bits per heavy atom. The van der Waals surface area contributed by atoms with E-state index in [9.17, 15) is 14.7 Å². The third-order valence-corrected chi connectivity index (χ3v) is 3.24. The van der Waals surface area contributed by atoms with E-state index in [0.717, 1.165) is 16.3 Å². The molecule has 18 heavy (non-hydrogen) atoms. The van der Waals surface area contributed by atoms with Crippen LogP contribution in [0.4, 0.5) is 0 Å². The number of hydrogen-bond acceptors (Lipinski definition) is 3. The van der Waals surface area contributed by atoms with Gasteiger partial charge in [-0.1, -0.05) is 30.3 Å². The van der Waals surface area contributed by atoms with Gasteiger partial charge in [-0.2, -0.15) is 0 Å². The summed E-state index contributed by atoms with van der Waals surface area (Å²) in [7, 11) is 0. The van der Waals surface area contributed by atoms with Crippen molar-refractivity contribution in [1.82, 2.24) is 5.32 Å². The van der Waals surface area contributed by atoms with Crippen molar-refractivity contribution in [1.29, 1.82) is 0 Å². The lowest BCUT2D eigenvalue weighted by Gasteiger charge is -2.14. The molecule has 0 bridgehead atoms. The fourth-order valence-corrected chi connectivity index (χ4v) is 2.50. The summed E-state index contributed by atoms with van der Waals surface area (Å²) in [5, 5.41) is 15.3. The number of aliphatic carboxylic acids is 1. The number of rotatable bonds is 2. The van der Waals surface area contributed by atoms with Crippen molar-refractivity contribution in [2.24, 2.45) is 0 Å². The predicted molar refractivity (Wildman–Crippen MR) is 63.8 cm³/mol. The fourth-order valence-electron chi connectivity index (χ4n) is 2.50. The first kappa shape index (κ1) is 10.8. The maximum Gasteiger partial charge on any atom is 0.252 e. The summed E-state index contributed by atoms with van der Waals surface area (Å²) < 4.78 is 0. The van der Waals surface area contributed by atoms with Gasteiger partial charge >= 0.3 is 0 Å². The minimum absolute atomic E-state index is 0.202. The van der Waals surface area contributed by atoms with Crippen LogP contribution >= 0.6 is 0 Å². The molecule has 0 saturated carbocycles. The SMILES string of the molecule is O=C([O-])C[C@@H]1NC(=O)c2ccc3ccccc3c21. The Morgan fingerprint density at radius 3 is 2.78 bits per heavy atom. The number of fused-ring (bicyclic) bond motifs is 3. The van der Waals surface area contributed by atoms with E-state index in [0.29, 0.717) is 5.56 Å². The van der Waals surface area contributed by atoms with Crippen molar-refractivity contribution in [2.45, 2.75) is 12.5 Å². The van der Waals surface area contributed by atoms with Crippen molar-refractivity contribution >= 4 is 22.6 Å². The zero-order chi connectivity index (χ0) is 12.7. The van der Waals surface area contributed by atoms with Crippen LogP contribution in [0, 0.1) is 0 Å². The molecule has 1 aliphatic rings. The van der Waals surface area contributed by atoms with E-state index in [-0.39, 0.29) is 12.3 Å². The summed E-state index contributed by atoms with van der Waals surface area (Å²) in [6.45, 7) is 0. The Bertz CT molecular complexity index is 661. The highest BCUT2D eigenvalue weighted by Crippen LogP contribution is 2.34. The lowest BCUT2D eigenvalue weighted by molar-refractivity contribution is -0.306. The minimum Gasteiger partial charge on any atom is -0.550 e. The van der Waals surface area contributed by atoms with E-state index in [1.165, 1.54) is 0 Å². The fraction of sp³-hybridized carbons (Fsp3) is 0.143. The number of carbonyl (C=O) groups is 2. The average Bonchev–Trinajstić information content (AvgIpc) is 2.66. The lowest BCUT2D eigenvalue weighted by atomic mass is 9.95. The Morgan fingerprint density at radius 1 is 1.22 bits per heavy atom. The zero-order valence-electron chi connectivity index (χ0n) is 9.47. The molecule has 0 aliphatic carbocycles. The summed E-state index contributed by atoms with van der Waals surface area (Å²) in [5.41, 5.74) is 1.32. The van der Waals surface area contributed by atoms with Gasteiger partial charge in [0.05, 0.1) is 6.04 Å². The first-order valence-corrected chi connectivity index (χ1v) is 5.69. The van der Waals surface area contributed by atoms with Crippen molar-refractivity contribution in [3.8, 4) is 0 Å². The minimum atomic E-state index is -1.17. The monoisotopic (exact) mass is 240 g/mol. The second-order valence-corrected chi connectivity index (χ2v) is 4.35. The molecule has 0 saturated heterocycles. The van der Waals surface area contributed by atoms with Gasteiger partial charge in [-0.25, -0.2) is 0 Å². The molecule has 1 heterocycles. The molecule has 90 valence electrons. The topological polar surface area (TPSA) is 69.2 Å². The molecule has 0 fully saturated rings.